The fourth-order valence-electron chi connectivity index (χ4n) is 1.49. The molecule has 3 N–H and O–H groups in total. The molecule has 0 aromatic rings. The molecule has 2 unspecified atom stereocenters. The van der Waals surface area contributed by atoms with Crippen LogP contribution in [0, 0.1) is 0 Å². The SMILES string of the molecule is CCC(C)(C)NC(=O)C(C)NC(C)C(=O)NCCOC. The average molecular weight is 287 g/mol. The third-order valence-corrected chi connectivity index (χ3v) is 3.24. The van der Waals surface area contributed by atoms with Crippen LogP contribution in [0.5, 0.6) is 0 Å². The Bertz CT molecular complexity index is 319. The highest BCUT2D eigenvalue weighted by Gasteiger charge is 2.24. The second-order valence-corrected chi connectivity index (χ2v) is 5.62. The van der Waals surface area contributed by atoms with Crippen LogP contribution in [0.3, 0.4) is 0 Å². The summed E-state index contributed by atoms with van der Waals surface area (Å²) in [4.78, 5) is 23.8. The molecule has 0 aromatic heterocycles. The molecule has 0 spiro atoms. The number of amides is 2. The Kier molecular flexibility index (Phi) is 8.41. The van der Waals surface area contributed by atoms with Crippen molar-refractivity contribution in [2.45, 2.75) is 58.7 Å². The van der Waals surface area contributed by atoms with Crippen molar-refractivity contribution < 1.29 is 14.3 Å². The van der Waals surface area contributed by atoms with E-state index in [1.165, 1.54) is 0 Å². The van der Waals surface area contributed by atoms with Crippen molar-refractivity contribution in [1.29, 1.82) is 0 Å². The number of rotatable bonds is 9. The number of nitrogens with one attached hydrogen (secondary N) is 3. The molecule has 0 aromatic carbocycles. The van der Waals surface area contributed by atoms with Gasteiger partial charge in [0, 0.05) is 19.2 Å². The Labute approximate surface area is 122 Å². The molecule has 20 heavy (non-hydrogen) atoms. The molecule has 0 aliphatic rings. The van der Waals surface area contributed by atoms with Gasteiger partial charge >= 0.3 is 0 Å². The van der Waals surface area contributed by atoms with E-state index in [1.807, 2.05) is 20.8 Å². The first-order valence-corrected chi connectivity index (χ1v) is 7.08. The second-order valence-electron chi connectivity index (χ2n) is 5.62. The van der Waals surface area contributed by atoms with E-state index in [0.29, 0.717) is 13.2 Å². The Balaban J connectivity index is 4.20. The largest absolute Gasteiger partial charge is 0.383 e. The van der Waals surface area contributed by atoms with Gasteiger partial charge in [0.2, 0.25) is 11.8 Å². The van der Waals surface area contributed by atoms with Gasteiger partial charge in [0.15, 0.2) is 0 Å². The number of carbonyl (C=O) groups excluding carboxylic acids is 2. The monoisotopic (exact) mass is 287 g/mol. The first-order valence-electron chi connectivity index (χ1n) is 7.08. The smallest absolute Gasteiger partial charge is 0.237 e. The summed E-state index contributed by atoms with van der Waals surface area (Å²) in [5, 5.41) is 8.67. The normalized spacial score (nSPS) is 14.5. The quantitative estimate of drug-likeness (QED) is 0.537. The average Bonchev–Trinajstić information content (AvgIpc) is 2.38. The van der Waals surface area contributed by atoms with E-state index < -0.39 is 12.1 Å². The van der Waals surface area contributed by atoms with Crippen LogP contribution in [-0.2, 0) is 14.3 Å². The van der Waals surface area contributed by atoms with E-state index in [1.54, 1.807) is 21.0 Å². The molecule has 0 fully saturated rings. The first-order chi connectivity index (χ1) is 9.23. The summed E-state index contributed by atoms with van der Waals surface area (Å²) in [5.41, 5.74) is -0.239. The number of ether oxygens (including phenoxy) is 1. The van der Waals surface area contributed by atoms with Crippen molar-refractivity contribution in [2.24, 2.45) is 0 Å². The number of methoxy groups -OCH3 is 1. The molecule has 2 amide bonds. The lowest BCUT2D eigenvalue weighted by molar-refractivity contribution is -0.126. The third kappa shape index (κ3) is 7.45. The van der Waals surface area contributed by atoms with Gasteiger partial charge in [0.25, 0.3) is 0 Å². The van der Waals surface area contributed by atoms with Crippen molar-refractivity contribution in [3.05, 3.63) is 0 Å². The highest BCUT2D eigenvalue weighted by molar-refractivity contribution is 5.85. The Morgan fingerprint density at radius 3 is 2.20 bits per heavy atom. The van der Waals surface area contributed by atoms with E-state index in [0.717, 1.165) is 6.42 Å². The lowest BCUT2D eigenvalue weighted by Crippen LogP contribution is -2.54. The molecular formula is C14H29N3O3. The summed E-state index contributed by atoms with van der Waals surface area (Å²) in [7, 11) is 1.58. The van der Waals surface area contributed by atoms with E-state index in [4.69, 9.17) is 4.74 Å². The van der Waals surface area contributed by atoms with E-state index in [9.17, 15) is 9.59 Å². The van der Waals surface area contributed by atoms with Gasteiger partial charge in [-0.25, -0.2) is 0 Å². The molecule has 0 aliphatic heterocycles. The maximum atomic E-state index is 12.0. The molecule has 0 heterocycles. The van der Waals surface area contributed by atoms with E-state index in [2.05, 4.69) is 16.0 Å². The lowest BCUT2D eigenvalue weighted by atomic mass is 10.0. The van der Waals surface area contributed by atoms with Gasteiger partial charge < -0.3 is 15.4 Å². The van der Waals surface area contributed by atoms with Crippen LogP contribution in [0.4, 0.5) is 0 Å². The Hall–Kier alpha value is -1.14. The van der Waals surface area contributed by atoms with Crippen LogP contribution in [0.15, 0.2) is 0 Å². The predicted octanol–water partition coefficient (Wildman–Crippen LogP) is 0.420. The standard InChI is InChI=1S/C14H29N3O3/c1-7-14(4,5)17-13(19)11(3)16-10(2)12(18)15-8-9-20-6/h10-11,16H,7-9H2,1-6H3,(H,15,18)(H,17,19). The van der Waals surface area contributed by atoms with Gasteiger partial charge in [0.1, 0.15) is 0 Å². The fraction of sp³-hybridized carbons (Fsp3) is 0.857. The molecule has 0 bridgehead atoms. The summed E-state index contributed by atoms with van der Waals surface area (Å²) in [6.45, 7) is 10.4. The molecular weight excluding hydrogens is 258 g/mol. The van der Waals surface area contributed by atoms with Crippen LogP contribution in [0.1, 0.15) is 41.0 Å². The van der Waals surface area contributed by atoms with Crippen LogP contribution in [-0.4, -0.2) is 49.7 Å². The number of carbonyl (C=O) groups is 2. The summed E-state index contributed by atoms with van der Waals surface area (Å²) in [6.07, 6.45) is 0.846. The minimum atomic E-state index is -0.433. The Morgan fingerprint density at radius 1 is 1.15 bits per heavy atom. The van der Waals surface area contributed by atoms with Gasteiger partial charge in [-0.05, 0) is 34.1 Å². The maximum absolute atomic E-state index is 12.0. The van der Waals surface area contributed by atoms with E-state index in [-0.39, 0.29) is 17.4 Å². The van der Waals surface area contributed by atoms with Crippen LogP contribution < -0.4 is 16.0 Å². The molecule has 6 nitrogen and oxygen atoms in total. The zero-order valence-corrected chi connectivity index (χ0v) is 13.5. The summed E-state index contributed by atoms with van der Waals surface area (Å²) in [5.74, 6) is -0.246. The number of hydrogen-bond acceptors (Lipinski definition) is 4. The molecule has 0 aliphatic carbocycles. The molecule has 118 valence electrons. The number of hydrogen-bond donors (Lipinski definition) is 3. The highest BCUT2D eigenvalue weighted by Crippen LogP contribution is 2.07. The molecule has 0 radical (unpaired) electrons. The summed E-state index contributed by atoms with van der Waals surface area (Å²) >= 11 is 0. The minimum absolute atomic E-state index is 0.103. The van der Waals surface area contributed by atoms with Gasteiger partial charge in [-0.2, -0.15) is 0 Å². The van der Waals surface area contributed by atoms with Crippen LogP contribution >= 0.6 is 0 Å². The summed E-state index contributed by atoms with van der Waals surface area (Å²) in [6, 6.07) is -0.860. The Morgan fingerprint density at radius 2 is 1.70 bits per heavy atom. The fourth-order valence-corrected chi connectivity index (χ4v) is 1.49. The van der Waals surface area contributed by atoms with Crippen molar-refractivity contribution in [2.75, 3.05) is 20.3 Å². The van der Waals surface area contributed by atoms with E-state index >= 15 is 0 Å². The maximum Gasteiger partial charge on any atom is 0.237 e. The van der Waals surface area contributed by atoms with Crippen molar-refractivity contribution >= 4 is 11.8 Å². The van der Waals surface area contributed by atoms with Crippen molar-refractivity contribution in [3.63, 3.8) is 0 Å². The molecule has 6 heteroatoms. The molecule has 0 saturated heterocycles. The van der Waals surface area contributed by atoms with Crippen molar-refractivity contribution in [3.8, 4) is 0 Å². The van der Waals surface area contributed by atoms with Gasteiger partial charge in [-0.3, -0.25) is 14.9 Å². The minimum Gasteiger partial charge on any atom is -0.383 e. The van der Waals surface area contributed by atoms with Gasteiger partial charge in [0.05, 0.1) is 18.7 Å². The van der Waals surface area contributed by atoms with Gasteiger partial charge in [-0.15, -0.1) is 0 Å². The molecule has 0 saturated carbocycles. The lowest BCUT2D eigenvalue weighted by Gasteiger charge is -2.27. The molecule has 0 rings (SSSR count). The topological polar surface area (TPSA) is 79.5 Å². The van der Waals surface area contributed by atoms with Crippen molar-refractivity contribution in [1.82, 2.24) is 16.0 Å². The van der Waals surface area contributed by atoms with Crippen LogP contribution in [0.2, 0.25) is 0 Å². The predicted molar refractivity (Wildman–Crippen MR) is 79.5 cm³/mol. The third-order valence-electron chi connectivity index (χ3n) is 3.24. The zero-order valence-electron chi connectivity index (χ0n) is 13.5. The van der Waals surface area contributed by atoms with Crippen LogP contribution in [0.25, 0.3) is 0 Å². The first kappa shape index (κ1) is 18.9. The molecule has 2 atom stereocenters. The highest BCUT2D eigenvalue weighted by atomic mass is 16.5. The van der Waals surface area contributed by atoms with Gasteiger partial charge in [-0.1, -0.05) is 6.92 Å². The zero-order chi connectivity index (χ0) is 15.8. The summed E-state index contributed by atoms with van der Waals surface area (Å²) < 4.78 is 4.86. The second kappa shape index (κ2) is 8.92.